The number of fused-ring (bicyclic) bond motifs is 1. The molecule has 2 heterocycles. The second-order valence-corrected chi connectivity index (χ2v) is 5.20. The Morgan fingerprint density at radius 3 is 2.64 bits per heavy atom. The molecular weight excluding hydrogens is 277 g/mol. The molecule has 0 saturated carbocycles. The summed E-state index contributed by atoms with van der Waals surface area (Å²) in [6.07, 6.45) is 1.77. The highest BCUT2D eigenvalue weighted by Gasteiger charge is 2.31. The maximum atomic E-state index is 13.6. The molecule has 1 unspecified atom stereocenters. The van der Waals surface area contributed by atoms with Crippen LogP contribution < -0.4 is 10.4 Å². The first kappa shape index (κ1) is 13.0. The number of anilines is 2. The summed E-state index contributed by atoms with van der Waals surface area (Å²) in [6.45, 7) is 0. The smallest absolute Gasteiger partial charge is 0.152 e. The van der Waals surface area contributed by atoms with E-state index < -0.39 is 0 Å². The topological polar surface area (TPSA) is 28.2 Å². The van der Waals surface area contributed by atoms with Gasteiger partial charge in [0, 0.05) is 11.8 Å². The molecular formula is C18H14FN3. The SMILES string of the molecule is Fc1cccc(C2NN(c3ccccc3)c3ncccc32)c1. The molecule has 4 heteroatoms. The van der Waals surface area contributed by atoms with Crippen LogP contribution in [0, 0.1) is 5.82 Å². The molecule has 0 fully saturated rings. The van der Waals surface area contributed by atoms with Crippen LogP contribution in [0.5, 0.6) is 0 Å². The normalized spacial score (nSPS) is 16.6. The predicted molar refractivity (Wildman–Crippen MR) is 84.2 cm³/mol. The standard InChI is InChI=1S/C18H14FN3/c19-14-7-4-6-13(12-14)17-16-10-5-11-20-18(16)22(21-17)15-8-2-1-3-9-15/h1-12,17,21H. The van der Waals surface area contributed by atoms with E-state index in [2.05, 4.69) is 10.4 Å². The van der Waals surface area contributed by atoms with Crippen molar-refractivity contribution in [2.75, 3.05) is 5.01 Å². The van der Waals surface area contributed by atoms with Crippen molar-refractivity contribution in [3.05, 3.63) is 89.9 Å². The Bertz CT molecular complexity index is 804. The fraction of sp³-hybridized carbons (Fsp3) is 0.0556. The molecule has 3 aromatic rings. The van der Waals surface area contributed by atoms with Gasteiger partial charge in [0.05, 0.1) is 11.7 Å². The van der Waals surface area contributed by atoms with Crippen LogP contribution in [0.3, 0.4) is 0 Å². The van der Waals surface area contributed by atoms with E-state index in [1.165, 1.54) is 6.07 Å². The lowest BCUT2D eigenvalue weighted by Crippen LogP contribution is -2.30. The van der Waals surface area contributed by atoms with E-state index in [1.54, 1.807) is 18.3 Å². The number of rotatable bonds is 2. The molecule has 22 heavy (non-hydrogen) atoms. The first-order valence-electron chi connectivity index (χ1n) is 7.15. The molecule has 0 radical (unpaired) electrons. The molecule has 3 nitrogen and oxygen atoms in total. The number of nitrogens with one attached hydrogen (secondary N) is 1. The van der Waals surface area contributed by atoms with Crippen LogP contribution in [0.25, 0.3) is 0 Å². The Labute approximate surface area is 128 Å². The van der Waals surface area contributed by atoms with Gasteiger partial charge in [-0.1, -0.05) is 36.4 Å². The van der Waals surface area contributed by atoms with E-state index in [0.717, 1.165) is 22.6 Å². The van der Waals surface area contributed by atoms with Gasteiger partial charge in [-0.05, 0) is 35.9 Å². The van der Waals surface area contributed by atoms with Crippen LogP contribution in [0.15, 0.2) is 72.9 Å². The van der Waals surface area contributed by atoms with Gasteiger partial charge in [0.1, 0.15) is 5.82 Å². The fourth-order valence-electron chi connectivity index (χ4n) is 2.80. The lowest BCUT2D eigenvalue weighted by Gasteiger charge is -2.20. The molecule has 0 aliphatic carbocycles. The lowest BCUT2D eigenvalue weighted by molar-refractivity contribution is 0.614. The van der Waals surface area contributed by atoms with Gasteiger partial charge < -0.3 is 0 Å². The average Bonchev–Trinajstić information content (AvgIpc) is 2.95. The summed E-state index contributed by atoms with van der Waals surface area (Å²) in [5.74, 6) is 0.617. The van der Waals surface area contributed by atoms with E-state index in [9.17, 15) is 4.39 Å². The number of hydrogen-bond acceptors (Lipinski definition) is 3. The lowest BCUT2D eigenvalue weighted by atomic mass is 10.0. The third-order valence-electron chi connectivity index (χ3n) is 3.79. The van der Waals surface area contributed by atoms with Crippen LogP contribution in [-0.4, -0.2) is 4.98 Å². The second kappa shape index (κ2) is 5.24. The maximum absolute atomic E-state index is 13.6. The van der Waals surface area contributed by atoms with Gasteiger partial charge in [0.15, 0.2) is 5.82 Å². The predicted octanol–water partition coefficient (Wildman–Crippen LogP) is 3.97. The first-order valence-corrected chi connectivity index (χ1v) is 7.15. The van der Waals surface area contributed by atoms with Crippen molar-refractivity contribution < 1.29 is 4.39 Å². The Morgan fingerprint density at radius 1 is 0.955 bits per heavy atom. The Hall–Kier alpha value is -2.72. The minimum atomic E-state index is -0.233. The minimum Gasteiger partial charge on any atom is -0.258 e. The molecule has 0 saturated heterocycles. The van der Waals surface area contributed by atoms with Crippen molar-refractivity contribution in [2.45, 2.75) is 6.04 Å². The van der Waals surface area contributed by atoms with Gasteiger partial charge in [0.25, 0.3) is 0 Å². The van der Waals surface area contributed by atoms with Crippen LogP contribution in [0.4, 0.5) is 15.9 Å². The quantitative estimate of drug-likeness (QED) is 0.774. The van der Waals surface area contributed by atoms with Crippen molar-refractivity contribution in [1.29, 1.82) is 0 Å². The van der Waals surface area contributed by atoms with E-state index in [0.29, 0.717) is 0 Å². The van der Waals surface area contributed by atoms with Gasteiger partial charge in [-0.15, -0.1) is 0 Å². The van der Waals surface area contributed by atoms with Crippen molar-refractivity contribution in [2.24, 2.45) is 0 Å². The van der Waals surface area contributed by atoms with Gasteiger partial charge in [-0.2, -0.15) is 0 Å². The molecule has 1 aromatic heterocycles. The highest BCUT2D eigenvalue weighted by Crippen LogP contribution is 2.38. The third kappa shape index (κ3) is 2.14. The van der Waals surface area contributed by atoms with Gasteiger partial charge in [-0.25, -0.2) is 14.8 Å². The third-order valence-corrected chi connectivity index (χ3v) is 3.79. The van der Waals surface area contributed by atoms with Crippen LogP contribution in [0.2, 0.25) is 0 Å². The molecule has 1 atom stereocenters. The summed E-state index contributed by atoms with van der Waals surface area (Å²) in [6, 6.07) is 20.4. The number of hydrogen-bond donors (Lipinski definition) is 1. The van der Waals surface area contributed by atoms with E-state index in [1.807, 2.05) is 53.5 Å². The van der Waals surface area contributed by atoms with Crippen molar-refractivity contribution in [3.63, 3.8) is 0 Å². The molecule has 1 aliphatic heterocycles. The fourth-order valence-corrected chi connectivity index (χ4v) is 2.80. The van der Waals surface area contributed by atoms with Gasteiger partial charge in [0.2, 0.25) is 0 Å². The number of halogens is 1. The van der Waals surface area contributed by atoms with Gasteiger partial charge >= 0.3 is 0 Å². The summed E-state index contributed by atoms with van der Waals surface area (Å²) >= 11 is 0. The number of nitrogens with zero attached hydrogens (tertiary/aromatic N) is 2. The molecule has 1 aliphatic rings. The summed E-state index contributed by atoms with van der Waals surface area (Å²) in [5.41, 5.74) is 6.34. The molecule has 4 rings (SSSR count). The number of aromatic nitrogens is 1. The molecule has 0 spiro atoms. The van der Waals surface area contributed by atoms with Crippen LogP contribution >= 0.6 is 0 Å². The zero-order valence-electron chi connectivity index (χ0n) is 11.8. The molecule has 108 valence electrons. The molecule has 2 aromatic carbocycles. The zero-order chi connectivity index (χ0) is 14.9. The largest absolute Gasteiger partial charge is 0.258 e. The number of benzene rings is 2. The van der Waals surface area contributed by atoms with E-state index in [4.69, 9.17) is 0 Å². The monoisotopic (exact) mass is 291 g/mol. The molecule has 0 amide bonds. The average molecular weight is 291 g/mol. The first-order chi connectivity index (χ1) is 10.8. The van der Waals surface area contributed by atoms with E-state index in [-0.39, 0.29) is 11.9 Å². The summed E-state index contributed by atoms with van der Waals surface area (Å²) in [7, 11) is 0. The number of pyridine rings is 1. The summed E-state index contributed by atoms with van der Waals surface area (Å²) in [4.78, 5) is 4.48. The second-order valence-electron chi connectivity index (χ2n) is 5.20. The Morgan fingerprint density at radius 2 is 1.82 bits per heavy atom. The van der Waals surface area contributed by atoms with Crippen LogP contribution in [-0.2, 0) is 0 Å². The minimum absolute atomic E-state index is 0.111. The van der Waals surface area contributed by atoms with Crippen molar-refractivity contribution in [3.8, 4) is 0 Å². The highest BCUT2D eigenvalue weighted by atomic mass is 19.1. The van der Waals surface area contributed by atoms with Crippen LogP contribution in [0.1, 0.15) is 17.2 Å². The maximum Gasteiger partial charge on any atom is 0.152 e. The Kier molecular flexibility index (Phi) is 3.09. The number of para-hydroxylation sites is 1. The van der Waals surface area contributed by atoms with Crippen molar-refractivity contribution in [1.82, 2.24) is 10.4 Å². The van der Waals surface area contributed by atoms with Crippen molar-refractivity contribution >= 4 is 11.5 Å². The molecule has 0 bridgehead atoms. The molecule has 1 N–H and O–H groups in total. The zero-order valence-corrected chi connectivity index (χ0v) is 11.8. The summed E-state index contributed by atoms with van der Waals surface area (Å²) in [5, 5.41) is 1.95. The Balaban J connectivity index is 1.81. The number of hydrazine groups is 1. The van der Waals surface area contributed by atoms with E-state index >= 15 is 0 Å². The van der Waals surface area contributed by atoms with Gasteiger partial charge in [-0.3, -0.25) is 5.01 Å². The highest BCUT2D eigenvalue weighted by molar-refractivity contribution is 5.66. The summed E-state index contributed by atoms with van der Waals surface area (Å²) < 4.78 is 13.6.